The van der Waals surface area contributed by atoms with Gasteiger partial charge in [-0.05, 0) is 0 Å². The number of rotatable bonds is 0. The van der Waals surface area contributed by atoms with Crippen molar-refractivity contribution in [1.82, 2.24) is 0 Å². The fourth-order valence-electron chi connectivity index (χ4n) is 0.684. The molecule has 0 unspecified atom stereocenters. The molecule has 0 fully saturated rings. The van der Waals surface area contributed by atoms with Crippen molar-refractivity contribution in [2.24, 2.45) is 0 Å². The summed E-state index contributed by atoms with van der Waals surface area (Å²) in [5.41, 5.74) is -5.53. The molecule has 2 aromatic carbocycles. The van der Waals surface area contributed by atoms with Gasteiger partial charge in [0.2, 0.25) is 0 Å². The molecule has 0 aliphatic carbocycles. The van der Waals surface area contributed by atoms with Gasteiger partial charge in [-0.2, -0.15) is 94.4 Å². The summed E-state index contributed by atoms with van der Waals surface area (Å²) in [6.07, 6.45) is 0. The maximum atomic E-state index is 10.7. The Morgan fingerprint density at radius 2 is 1.00 bits per heavy atom. The van der Waals surface area contributed by atoms with Crippen molar-refractivity contribution in [3.63, 3.8) is 0 Å². The Balaban J connectivity index is 0. The standard InChI is InChI=1S/2C6H5.CHF3O3S.Ni/c2*1-2-4-6-5-3-1;2-1(3,4)8(5,6)7;/h2*1-5H;(H,5,6,7);/q2*-1;;+2. The first kappa shape index (κ1) is 21.9. The molecule has 118 valence electrons. The van der Waals surface area contributed by atoms with Crippen LogP contribution in [0.2, 0.25) is 0 Å². The van der Waals surface area contributed by atoms with Gasteiger partial charge in [-0.15, -0.1) is 0 Å². The molecule has 0 heterocycles. The molecule has 0 saturated carbocycles. The van der Waals surface area contributed by atoms with Crippen LogP contribution in [0.4, 0.5) is 13.2 Å². The number of benzene rings is 2. The van der Waals surface area contributed by atoms with E-state index in [4.69, 9.17) is 13.0 Å². The SMILES string of the molecule is O=S(=O)(O)C(F)(F)F.[Ni+2].[c-]1ccccc1.[c-]1ccccc1. The Morgan fingerprint density at radius 1 is 0.762 bits per heavy atom. The molecule has 0 atom stereocenters. The predicted molar refractivity (Wildman–Crippen MR) is 68.2 cm³/mol. The third-order valence-electron chi connectivity index (χ3n) is 1.51. The summed E-state index contributed by atoms with van der Waals surface area (Å²) in [4.78, 5) is 0. The van der Waals surface area contributed by atoms with Crippen LogP contribution in [0.1, 0.15) is 0 Å². The van der Waals surface area contributed by atoms with Crippen LogP contribution in [0.5, 0.6) is 0 Å². The van der Waals surface area contributed by atoms with E-state index in [-0.39, 0.29) is 16.5 Å². The van der Waals surface area contributed by atoms with E-state index in [1.807, 2.05) is 60.7 Å². The maximum Gasteiger partial charge on any atom is 2.00 e. The quantitative estimate of drug-likeness (QED) is 0.338. The zero-order chi connectivity index (χ0) is 15.5. The molecular formula is C13H11F3NiO3S. The molecule has 2 aromatic rings. The van der Waals surface area contributed by atoms with Gasteiger partial charge in [-0.25, -0.2) is 0 Å². The van der Waals surface area contributed by atoms with E-state index >= 15 is 0 Å². The number of alkyl halides is 3. The monoisotopic (exact) mass is 362 g/mol. The van der Waals surface area contributed by atoms with Crippen molar-refractivity contribution >= 4 is 10.1 Å². The fourth-order valence-corrected chi connectivity index (χ4v) is 0.684. The van der Waals surface area contributed by atoms with E-state index in [2.05, 4.69) is 12.1 Å². The number of hydrogen-bond donors (Lipinski definition) is 1. The molecule has 8 heteroatoms. The molecular weight excluding hydrogens is 352 g/mol. The van der Waals surface area contributed by atoms with Gasteiger partial charge in [-0.3, -0.25) is 4.55 Å². The fraction of sp³-hybridized carbons (Fsp3) is 0.0769. The second kappa shape index (κ2) is 11.3. The molecule has 21 heavy (non-hydrogen) atoms. The second-order valence-corrected chi connectivity index (χ2v) is 4.49. The van der Waals surface area contributed by atoms with Gasteiger partial charge in [0.1, 0.15) is 0 Å². The molecule has 0 aliphatic heterocycles. The van der Waals surface area contributed by atoms with E-state index in [0.29, 0.717) is 0 Å². The number of hydrogen-bond acceptors (Lipinski definition) is 2. The van der Waals surface area contributed by atoms with Crippen LogP contribution in [-0.4, -0.2) is 18.5 Å². The smallest absolute Gasteiger partial charge is 0.279 e. The minimum absolute atomic E-state index is 0. The first-order chi connectivity index (χ1) is 9.25. The summed E-state index contributed by atoms with van der Waals surface area (Å²) in [6, 6.07) is 25.0. The van der Waals surface area contributed by atoms with Crippen LogP contribution in [-0.2, 0) is 26.6 Å². The molecule has 0 bridgehead atoms. The number of halogens is 3. The summed E-state index contributed by atoms with van der Waals surface area (Å²) in [5.74, 6) is 0. The summed E-state index contributed by atoms with van der Waals surface area (Å²) in [6.45, 7) is 0. The average Bonchev–Trinajstić information content (AvgIpc) is 2.42. The first-order valence-corrected chi connectivity index (χ1v) is 6.55. The summed E-state index contributed by atoms with van der Waals surface area (Å²) in [5, 5.41) is 0. The van der Waals surface area contributed by atoms with Crippen LogP contribution < -0.4 is 0 Å². The molecule has 0 aromatic heterocycles. The van der Waals surface area contributed by atoms with Crippen LogP contribution in [0, 0.1) is 12.1 Å². The van der Waals surface area contributed by atoms with E-state index in [0.717, 1.165) is 0 Å². The van der Waals surface area contributed by atoms with Gasteiger partial charge in [0.15, 0.2) is 0 Å². The van der Waals surface area contributed by atoms with Crippen molar-refractivity contribution in [3.8, 4) is 0 Å². The Morgan fingerprint density at radius 3 is 1.05 bits per heavy atom. The Kier molecular flexibility index (Phi) is 11.8. The molecule has 3 nitrogen and oxygen atoms in total. The maximum absolute atomic E-state index is 10.7. The average molecular weight is 363 g/mol. The minimum Gasteiger partial charge on any atom is -0.279 e. The summed E-state index contributed by atoms with van der Waals surface area (Å²) in [7, 11) is -5.84. The molecule has 0 saturated heterocycles. The van der Waals surface area contributed by atoms with Crippen LogP contribution in [0.3, 0.4) is 0 Å². The van der Waals surface area contributed by atoms with E-state index < -0.39 is 15.6 Å². The van der Waals surface area contributed by atoms with Crippen LogP contribution >= 0.6 is 0 Å². The van der Waals surface area contributed by atoms with Crippen molar-refractivity contribution < 1.29 is 42.6 Å². The normalized spacial score (nSPS) is 9.90. The van der Waals surface area contributed by atoms with Crippen molar-refractivity contribution in [1.29, 1.82) is 0 Å². The zero-order valence-corrected chi connectivity index (χ0v) is 12.2. The van der Waals surface area contributed by atoms with E-state index in [1.165, 1.54) is 0 Å². The largest absolute Gasteiger partial charge is 2.00 e. The predicted octanol–water partition coefficient (Wildman–Crippen LogP) is 3.37. The molecule has 0 spiro atoms. The van der Waals surface area contributed by atoms with Gasteiger partial charge >= 0.3 is 32.1 Å². The van der Waals surface area contributed by atoms with Crippen LogP contribution in [0.15, 0.2) is 60.7 Å². The van der Waals surface area contributed by atoms with Crippen molar-refractivity contribution in [2.75, 3.05) is 0 Å². The molecule has 0 radical (unpaired) electrons. The van der Waals surface area contributed by atoms with E-state index in [9.17, 15) is 13.2 Å². The summed E-state index contributed by atoms with van der Waals surface area (Å²) < 4.78 is 57.5. The second-order valence-electron chi connectivity index (χ2n) is 3.08. The third kappa shape index (κ3) is 13.4. The third-order valence-corrected chi connectivity index (χ3v) is 2.09. The first-order valence-electron chi connectivity index (χ1n) is 5.11. The van der Waals surface area contributed by atoms with E-state index in [1.54, 1.807) is 0 Å². The molecule has 0 aliphatic rings. The van der Waals surface area contributed by atoms with Gasteiger partial charge < -0.3 is 0 Å². The topological polar surface area (TPSA) is 54.4 Å². The Bertz CT molecular complexity index is 461. The Hall–Kier alpha value is -1.37. The van der Waals surface area contributed by atoms with Crippen molar-refractivity contribution in [2.45, 2.75) is 5.51 Å². The Labute approximate surface area is 131 Å². The van der Waals surface area contributed by atoms with Gasteiger partial charge in [-0.1, -0.05) is 0 Å². The van der Waals surface area contributed by atoms with Gasteiger partial charge in [0, 0.05) is 0 Å². The van der Waals surface area contributed by atoms with Crippen LogP contribution in [0.25, 0.3) is 0 Å². The summed E-state index contributed by atoms with van der Waals surface area (Å²) >= 11 is 0. The molecule has 2 rings (SSSR count). The molecule has 0 amide bonds. The van der Waals surface area contributed by atoms with Gasteiger partial charge in [0.05, 0.1) is 0 Å². The molecule has 1 N–H and O–H groups in total. The minimum atomic E-state index is -5.84. The van der Waals surface area contributed by atoms with Gasteiger partial charge in [0.25, 0.3) is 0 Å². The zero-order valence-electron chi connectivity index (χ0n) is 10.4. The van der Waals surface area contributed by atoms with Crippen molar-refractivity contribution in [3.05, 3.63) is 72.8 Å².